The van der Waals surface area contributed by atoms with Crippen molar-refractivity contribution in [2.24, 2.45) is 0 Å². The summed E-state index contributed by atoms with van der Waals surface area (Å²) in [7, 11) is 0. The first-order chi connectivity index (χ1) is 13.6. The predicted octanol–water partition coefficient (Wildman–Crippen LogP) is 6.66. The standard InChI is InChI=1S/C26H22O2/c1-2-18-17-24(13-16-26(18)28)23-9-7-20(8-10-23)19-3-5-21(6-4-19)22-11-14-25(27)15-12-22/h3-17,27-28H,2H2,1H3. The van der Waals surface area contributed by atoms with Gasteiger partial charge in [0.05, 0.1) is 0 Å². The summed E-state index contributed by atoms with van der Waals surface area (Å²) in [5.41, 5.74) is 7.74. The first-order valence-corrected chi connectivity index (χ1v) is 9.46. The fourth-order valence-corrected chi connectivity index (χ4v) is 3.41. The minimum absolute atomic E-state index is 0.278. The maximum atomic E-state index is 9.88. The van der Waals surface area contributed by atoms with Crippen LogP contribution in [0.3, 0.4) is 0 Å². The maximum Gasteiger partial charge on any atom is 0.118 e. The Kier molecular flexibility index (Phi) is 4.86. The van der Waals surface area contributed by atoms with Crippen molar-refractivity contribution in [2.45, 2.75) is 13.3 Å². The van der Waals surface area contributed by atoms with E-state index < -0.39 is 0 Å². The van der Waals surface area contributed by atoms with Gasteiger partial charge in [0.2, 0.25) is 0 Å². The van der Waals surface area contributed by atoms with Gasteiger partial charge in [-0.15, -0.1) is 0 Å². The molecule has 0 aliphatic heterocycles. The van der Waals surface area contributed by atoms with Crippen LogP contribution >= 0.6 is 0 Å². The summed E-state index contributed by atoms with van der Waals surface area (Å²) in [6.45, 7) is 2.05. The van der Waals surface area contributed by atoms with E-state index >= 15 is 0 Å². The number of benzene rings is 4. The second-order valence-corrected chi connectivity index (χ2v) is 6.90. The summed E-state index contributed by atoms with van der Waals surface area (Å²) in [6.07, 6.45) is 0.811. The summed E-state index contributed by atoms with van der Waals surface area (Å²) < 4.78 is 0. The van der Waals surface area contributed by atoms with Gasteiger partial charge in [0.25, 0.3) is 0 Å². The van der Waals surface area contributed by atoms with Gasteiger partial charge in [-0.1, -0.05) is 73.7 Å². The first kappa shape index (κ1) is 17.9. The summed E-state index contributed by atoms with van der Waals surface area (Å²) >= 11 is 0. The molecule has 138 valence electrons. The summed E-state index contributed by atoms with van der Waals surface area (Å²) in [5.74, 6) is 0.636. The molecule has 0 atom stereocenters. The highest BCUT2D eigenvalue weighted by Gasteiger charge is 2.05. The average molecular weight is 366 g/mol. The van der Waals surface area contributed by atoms with E-state index in [9.17, 15) is 10.2 Å². The Hall–Kier alpha value is -3.52. The summed E-state index contributed by atoms with van der Waals surface area (Å²) in [5, 5.41) is 19.3. The largest absolute Gasteiger partial charge is 0.508 e. The van der Waals surface area contributed by atoms with Crippen LogP contribution in [0.2, 0.25) is 0 Å². The molecule has 4 aromatic rings. The van der Waals surface area contributed by atoms with E-state index in [1.165, 1.54) is 0 Å². The SMILES string of the molecule is CCc1cc(-c2ccc(-c3ccc(-c4ccc(O)cc4)cc3)cc2)ccc1O. The topological polar surface area (TPSA) is 40.5 Å². The van der Waals surface area contributed by atoms with Crippen LogP contribution in [-0.2, 0) is 6.42 Å². The van der Waals surface area contributed by atoms with Crippen molar-refractivity contribution < 1.29 is 10.2 Å². The molecule has 0 heterocycles. The third kappa shape index (κ3) is 3.63. The fraction of sp³-hybridized carbons (Fsp3) is 0.0769. The van der Waals surface area contributed by atoms with Gasteiger partial charge in [0.1, 0.15) is 11.5 Å². The highest BCUT2D eigenvalue weighted by atomic mass is 16.3. The Morgan fingerprint density at radius 3 is 1.29 bits per heavy atom. The Morgan fingerprint density at radius 1 is 0.500 bits per heavy atom. The van der Waals surface area contributed by atoms with E-state index in [0.29, 0.717) is 5.75 Å². The third-order valence-corrected chi connectivity index (χ3v) is 5.10. The lowest BCUT2D eigenvalue weighted by molar-refractivity contribution is 0.469. The van der Waals surface area contributed by atoms with Crippen LogP contribution in [-0.4, -0.2) is 10.2 Å². The normalized spacial score (nSPS) is 10.8. The average Bonchev–Trinajstić information content (AvgIpc) is 2.75. The summed E-state index contributed by atoms with van der Waals surface area (Å²) in [4.78, 5) is 0. The van der Waals surface area contributed by atoms with E-state index in [1.54, 1.807) is 18.2 Å². The van der Waals surface area contributed by atoms with Gasteiger partial charge in [-0.3, -0.25) is 0 Å². The second kappa shape index (κ2) is 7.61. The number of hydrogen-bond donors (Lipinski definition) is 2. The molecule has 2 heteroatoms. The molecule has 0 amide bonds. The van der Waals surface area contributed by atoms with Crippen molar-refractivity contribution >= 4 is 0 Å². The smallest absolute Gasteiger partial charge is 0.118 e. The van der Waals surface area contributed by atoms with Gasteiger partial charge >= 0.3 is 0 Å². The number of phenols is 2. The number of aromatic hydroxyl groups is 2. The zero-order chi connectivity index (χ0) is 19.5. The van der Waals surface area contributed by atoms with Crippen LogP contribution in [0.25, 0.3) is 33.4 Å². The molecule has 4 rings (SSSR count). The number of phenolic OH excluding ortho intramolecular Hbond substituents is 2. The lowest BCUT2D eigenvalue weighted by atomic mass is 9.97. The van der Waals surface area contributed by atoms with Crippen LogP contribution in [0.1, 0.15) is 12.5 Å². The highest BCUT2D eigenvalue weighted by molar-refractivity contribution is 5.73. The monoisotopic (exact) mass is 366 g/mol. The highest BCUT2D eigenvalue weighted by Crippen LogP contribution is 2.30. The Morgan fingerprint density at radius 2 is 0.857 bits per heavy atom. The lowest BCUT2D eigenvalue weighted by Crippen LogP contribution is -1.85. The van der Waals surface area contributed by atoms with Gasteiger partial charge in [-0.25, -0.2) is 0 Å². The van der Waals surface area contributed by atoms with Crippen LogP contribution < -0.4 is 0 Å². The zero-order valence-electron chi connectivity index (χ0n) is 15.8. The summed E-state index contributed by atoms with van der Waals surface area (Å²) in [6, 6.07) is 30.0. The van der Waals surface area contributed by atoms with Gasteiger partial charge < -0.3 is 10.2 Å². The van der Waals surface area contributed by atoms with E-state index in [4.69, 9.17) is 0 Å². The van der Waals surface area contributed by atoms with E-state index in [2.05, 4.69) is 54.6 Å². The molecule has 0 fully saturated rings. The zero-order valence-corrected chi connectivity index (χ0v) is 15.8. The van der Waals surface area contributed by atoms with Crippen molar-refractivity contribution in [1.82, 2.24) is 0 Å². The molecular weight excluding hydrogens is 344 g/mol. The number of rotatable bonds is 4. The van der Waals surface area contributed by atoms with Crippen molar-refractivity contribution in [1.29, 1.82) is 0 Å². The molecule has 0 radical (unpaired) electrons. The van der Waals surface area contributed by atoms with E-state index in [-0.39, 0.29) is 5.75 Å². The maximum absolute atomic E-state index is 9.88. The molecule has 0 aliphatic rings. The minimum Gasteiger partial charge on any atom is -0.508 e. The number of hydrogen-bond acceptors (Lipinski definition) is 2. The predicted molar refractivity (Wildman–Crippen MR) is 115 cm³/mol. The quantitative estimate of drug-likeness (QED) is 0.424. The lowest BCUT2D eigenvalue weighted by Gasteiger charge is -2.09. The molecule has 0 saturated heterocycles. The molecule has 4 aromatic carbocycles. The molecule has 2 nitrogen and oxygen atoms in total. The molecule has 2 N–H and O–H groups in total. The van der Waals surface area contributed by atoms with Crippen molar-refractivity contribution in [3.8, 4) is 44.9 Å². The molecule has 0 bridgehead atoms. The van der Waals surface area contributed by atoms with Crippen molar-refractivity contribution in [3.05, 3.63) is 96.6 Å². The van der Waals surface area contributed by atoms with Crippen LogP contribution in [0.15, 0.2) is 91.0 Å². The Bertz CT molecular complexity index is 1080. The molecule has 0 aliphatic carbocycles. The molecule has 0 aromatic heterocycles. The van der Waals surface area contributed by atoms with E-state index in [1.807, 2.05) is 25.1 Å². The first-order valence-electron chi connectivity index (χ1n) is 9.46. The van der Waals surface area contributed by atoms with Crippen molar-refractivity contribution in [2.75, 3.05) is 0 Å². The van der Waals surface area contributed by atoms with Crippen LogP contribution in [0, 0.1) is 0 Å². The Labute approximate surface area is 165 Å². The minimum atomic E-state index is 0.278. The molecule has 0 spiro atoms. The van der Waals surface area contributed by atoms with Crippen LogP contribution in [0.5, 0.6) is 11.5 Å². The molecule has 0 unspecified atom stereocenters. The van der Waals surface area contributed by atoms with Crippen molar-refractivity contribution in [3.63, 3.8) is 0 Å². The van der Waals surface area contributed by atoms with Gasteiger partial charge in [-0.2, -0.15) is 0 Å². The molecular formula is C26H22O2. The Balaban J connectivity index is 1.58. The van der Waals surface area contributed by atoms with Gasteiger partial charge in [0.15, 0.2) is 0 Å². The fourth-order valence-electron chi connectivity index (χ4n) is 3.41. The van der Waals surface area contributed by atoms with Gasteiger partial charge in [0, 0.05) is 0 Å². The third-order valence-electron chi connectivity index (χ3n) is 5.10. The van der Waals surface area contributed by atoms with Crippen LogP contribution in [0.4, 0.5) is 0 Å². The number of aryl methyl sites for hydroxylation is 1. The van der Waals surface area contributed by atoms with E-state index in [0.717, 1.165) is 45.4 Å². The van der Waals surface area contributed by atoms with Gasteiger partial charge in [-0.05, 0) is 69.6 Å². The second-order valence-electron chi connectivity index (χ2n) is 6.90. The molecule has 28 heavy (non-hydrogen) atoms. The molecule has 0 saturated carbocycles.